The highest BCUT2D eigenvalue weighted by atomic mass is 16.6. The van der Waals surface area contributed by atoms with Crippen LogP contribution in [0.25, 0.3) is 0 Å². The van der Waals surface area contributed by atoms with Crippen LogP contribution in [0.5, 0.6) is 0 Å². The van der Waals surface area contributed by atoms with Gasteiger partial charge in [0.1, 0.15) is 11.6 Å². The molecule has 1 aromatic carbocycles. The summed E-state index contributed by atoms with van der Waals surface area (Å²) in [6.45, 7) is 0. The van der Waals surface area contributed by atoms with E-state index in [1.165, 1.54) is 12.1 Å². The van der Waals surface area contributed by atoms with Crippen molar-refractivity contribution in [3.63, 3.8) is 0 Å². The lowest BCUT2D eigenvalue weighted by molar-refractivity contribution is -0.385. The minimum atomic E-state index is -1.13. The molecule has 2 heterocycles. The molecule has 4 amide bonds. The molecule has 1 atom stereocenters. The van der Waals surface area contributed by atoms with Crippen LogP contribution in [0.4, 0.5) is 5.69 Å². The molecule has 0 bridgehead atoms. The summed E-state index contributed by atoms with van der Waals surface area (Å²) in [7, 11) is 0. The van der Waals surface area contributed by atoms with Crippen LogP contribution < -0.4 is 5.32 Å². The van der Waals surface area contributed by atoms with Crippen LogP contribution in [0.15, 0.2) is 18.2 Å². The fourth-order valence-corrected chi connectivity index (χ4v) is 2.65. The largest absolute Gasteiger partial charge is 0.295 e. The average Bonchev–Trinajstić information content (AvgIpc) is 2.72. The molecule has 22 heavy (non-hydrogen) atoms. The highest BCUT2D eigenvalue weighted by Crippen LogP contribution is 2.33. The number of benzene rings is 1. The zero-order chi connectivity index (χ0) is 16.0. The highest BCUT2D eigenvalue weighted by Gasteiger charge is 2.47. The van der Waals surface area contributed by atoms with E-state index in [1.54, 1.807) is 0 Å². The molecule has 1 N–H and O–H groups in total. The predicted octanol–water partition coefficient (Wildman–Crippen LogP) is -0.00400. The molecule has 9 heteroatoms. The van der Waals surface area contributed by atoms with Crippen LogP contribution in [-0.4, -0.2) is 39.5 Å². The van der Waals surface area contributed by atoms with Gasteiger partial charge in [0.25, 0.3) is 17.5 Å². The number of carbonyl (C=O) groups excluding carboxylic acids is 4. The van der Waals surface area contributed by atoms with Crippen LogP contribution in [0.2, 0.25) is 0 Å². The van der Waals surface area contributed by atoms with Gasteiger partial charge in [-0.3, -0.25) is 39.5 Å². The lowest BCUT2D eigenvalue weighted by atomic mass is 10.1. The number of hydrogen-bond acceptors (Lipinski definition) is 6. The van der Waals surface area contributed by atoms with Crippen molar-refractivity contribution in [2.45, 2.75) is 18.9 Å². The molecule has 0 saturated carbocycles. The Labute approximate surface area is 123 Å². The van der Waals surface area contributed by atoms with Gasteiger partial charge in [0.05, 0.1) is 10.5 Å². The molecule has 1 aromatic rings. The van der Waals surface area contributed by atoms with Crippen LogP contribution in [0.1, 0.15) is 33.6 Å². The number of hydrogen-bond donors (Lipinski definition) is 1. The van der Waals surface area contributed by atoms with E-state index < -0.39 is 40.3 Å². The molecule has 1 saturated heterocycles. The number of nitrogens with one attached hydrogen (secondary N) is 1. The number of imide groups is 2. The third-order valence-electron chi connectivity index (χ3n) is 3.64. The fraction of sp³-hybridized carbons (Fsp3) is 0.231. The smallest absolute Gasteiger partial charge is 0.282 e. The number of amides is 4. The Morgan fingerprint density at radius 2 is 1.91 bits per heavy atom. The van der Waals surface area contributed by atoms with Crippen LogP contribution in [0, 0.1) is 10.1 Å². The summed E-state index contributed by atoms with van der Waals surface area (Å²) in [5.41, 5.74) is -0.906. The number of carbonyl (C=O) groups is 4. The lowest BCUT2D eigenvalue weighted by Crippen LogP contribution is -2.54. The predicted molar refractivity (Wildman–Crippen MR) is 69.8 cm³/mol. The molecule has 0 radical (unpaired) electrons. The van der Waals surface area contributed by atoms with Crippen molar-refractivity contribution < 1.29 is 24.1 Å². The van der Waals surface area contributed by atoms with Crippen molar-refractivity contribution >= 4 is 29.3 Å². The molecule has 2 aliphatic heterocycles. The quantitative estimate of drug-likeness (QED) is 0.354. The molecular formula is C13H9N3O6. The molecule has 0 aliphatic carbocycles. The summed E-state index contributed by atoms with van der Waals surface area (Å²) >= 11 is 0. The standard InChI is InChI=1S/C13H9N3O6/c17-9-5-4-8(11(18)14-9)15-12(19)6-2-1-3-7(16(21)22)10(6)13(15)20/h1-3,8H,4-5H2,(H,14,17,18)/i14+1. The van der Waals surface area contributed by atoms with E-state index in [0.29, 0.717) is 4.90 Å². The summed E-state index contributed by atoms with van der Waals surface area (Å²) in [5, 5.41) is 13.1. The van der Waals surface area contributed by atoms with Crippen molar-refractivity contribution in [1.29, 1.82) is 0 Å². The summed E-state index contributed by atoms with van der Waals surface area (Å²) in [4.78, 5) is 58.7. The van der Waals surface area contributed by atoms with Gasteiger partial charge in [0.15, 0.2) is 0 Å². The monoisotopic (exact) mass is 304 g/mol. The van der Waals surface area contributed by atoms with Gasteiger partial charge in [-0.25, -0.2) is 0 Å². The number of nitro groups is 1. The molecule has 3 rings (SSSR count). The first-order valence-corrected chi connectivity index (χ1v) is 6.41. The van der Waals surface area contributed by atoms with Gasteiger partial charge in [-0.2, -0.15) is 0 Å². The Hall–Kier alpha value is -3.10. The minimum absolute atomic E-state index is 0.00390. The Morgan fingerprint density at radius 3 is 2.55 bits per heavy atom. The van der Waals surface area contributed by atoms with Crippen molar-refractivity contribution in [2.75, 3.05) is 0 Å². The molecular weight excluding hydrogens is 295 g/mol. The summed E-state index contributed by atoms with van der Waals surface area (Å²) in [5.74, 6) is -2.89. The van der Waals surface area contributed by atoms with E-state index in [-0.39, 0.29) is 24.0 Å². The number of piperidine rings is 1. The van der Waals surface area contributed by atoms with Crippen molar-refractivity contribution in [2.24, 2.45) is 0 Å². The summed E-state index contributed by atoms with van der Waals surface area (Å²) in [6, 6.07) is 2.59. The molecule has 0 spiro atoms. The van der Waals surface area contributed by atoms with Crippen molar-refractivity contribution in [3.8, 4) is 0 Å². The second kappa shape index (κ2) is 4.72. The van der Waals surface area contributed by atoms with Crippen LogP contribution in [0.3, 0.4) is 0 Å². The van der Waals surface area contributed by atoms with Crippen molar-refractivity contribution in [3.05, 3.63) is 39.4 Å². The maximum atomic E-state index is 12.4. The number of nitro benzene ring substituents is 1. The Bertz CT molecular complexity index is 756. The number of fused-ring (bicyclic) bond motifs is 1. The molecule has 112 valence electrons. The molecule has 2 aliphatic rings. The zero-order valence-electron chi connectivity index (χ0n) is 11.1. The van der Waals surface area contributed by atoms with E-state index >= 15 is 0 Å². The zero-order valence-corrected chi connectivity index (χ0v) is 11.1. The van der Waals surface area contributed by atoms with Crippen LogP contribution >= 0.6 is 0 Å². The topological polar surface area (TPSA) is 127 Å². The van der Waals surface area contributed by atoms with Gasteiger partial charge in [-0.15, -0.1) is 0 Å². The second-order valence-electron chi connectivity index (χ2n) is 4.90. The maximum Gasteiger partial charge on any atom is 0.282 e. The molecule has 1 unspecified atom stereocenters. The minimum Gasteiger partial charge on any atom is -0.295 e. The van der Waals surface area contributed by atoms with Gasteiger partial charge in [-0.1, -0.05) is 6.07 Å². The van der Waals surface area contributed by atoms with E-state index in [1.807, 2.05) is 0 Å². The third kappa shape index (κ3) is 1.86. The van der Waals surface area contributed by atoms with Crippen molar-refractivity contribution in [1.82, 2.24) is 10.2 Å². The lowest BCUT2D eigenvalue weighted by Gasteiger charge is -2.27. The van der Waals surface area contributed by atoms with E-state index in [9.17, 15) is 29.3 Å². The first kappa shape index (κ1) is 13.9. The Morgan fingerprint density at radius 1 is 1.18 bits per heavy atom. The van der Waals surface area contributed by atoms with E-state index in [0.717, 1.165) is 6.07 Å². The Balaban J connectivity index is 2.04. The normalized spacial score (nSPS) is 20.9. The third-order valence-corrected chi connectivity index (χ3v) is 3.64. The molecule has 9 nitrogen and oxygen atoms in total. The summed E-state index contributed by atoms with van der Waals surface area (Å²) < 4.78 is 0. The van der Waals surface area contributed by atoms with E-state index in [2.05, 4.69) is 5.32 Å². The first-order chi connectivity index (χ1) is 10.4. The maximum absolute atomic E-state index is 12.4. The van der Waals surface area contributed by atoms with Gasteiger partial charge >= 0.3 is 0 Å². The highest BCUT2D eigenvalue weighted by molar-refractivity contribution is 6.25. The van der Waals surface area contributed by atoms with Gasteiger partial charge < -0.3 is 0 Å². The average molecular weight is 304 g/mol. The van der Waals surface area contributed by atoms with Crippen LogP contribution in [-0.2, 0) is 9.59 Å². The summed E-state index contributed by atoms with van der Waals surface area (Å²) in [6.07, 6.45) is -0.00413. The van der Waals surface area contributed by atoms with Gasteiger partial charge in [0, 0.05) is 12.5 Å². The van der Waals surface area contributed by atoms with Gasteiger partial charge in [0.2, 0.25) is 11.8 Å². The number of nitrogens with zero attached hydrogens (tertiary/aromatic N) is 2. The first-order valence-electron chi connectivity index (χ1n) is 6.41. The second-order valence-corrected chi connectivity index (χ2v) is 4.90. The van der Waals surface area contributed by atoms with Gasteiger partial charge in [-0.05, 0) is 12.5 Å². The Kier molecular flexibility index (Phi) is 2.98. The SMILES string of the molecule is O=C1CCC(N2C(=O)c3cccc([N+](=O)[O-])c3C2=O)C(=O)[15NH]1. The van der Waals surface area contributed by atoms with E-state index in [4.69, 9.17) is 0 Å². The number of rotatable bonds is 2. The molecule has 0 aromatic heterocycles. The fourth-order valence-electron chi connectivity index (χ4n) is 2.65. The molecule has 1 fully saturated rings.